The lowest BCUT2D eigenvalue weighted by molar-refractivity contribution is 0.210. The number of rotatable bonds is 5. The molecule has 8 heteroatoms. The van der Waals surface area contributed by atoms with Crippen LogP contribution in [0, 0.1) is 5.82 Å². The predicted octanol–water partition coefficient (Wildman–Crippen LogP) is 3.31. The van der Waals surface area contributed by atoms with Gasteiger partial charge < -0.3 is 10.1 Å². The van der Waals surface area contributed by atoms with E-state index in [1.165, 1.54) is 17.4 Å². The molecule has 2 aromatic heterocycles. The summed E-state index contributed by atoms with van der Waals surface area (Å²) in [5, 5.41) is 8.38. The van der Waals surface area contributed by atoms with Crippen molar-refractivity contribution in [2.75, 3.05) is 25.6 Å². The normalized spacial score (nSPS) is 11.2. The lowest BCUT2D eigenvalue weighted by atomic mass is 10.2. The van der Waals surface area contributed by atoms with Gasteiger partial charge in [0.05, 0.1) is 23.5 Å². The van der Waals surface area contributed by atoms with Gasteiger partial charge in [-0.3, -0.25) is 0 Å². The van der Waals surface area contributed by atoms with E-state index in [1.54, 1.807) is 30.0 Å². The lowest BCUT2D eigenvalue weighted by Gasteiger charge is -1.99. The molecule has 110 valence electrons. The Bertz CT molecular complexity index is 741. The van der Waals surface area contributed by atoms with Crippen LogP contribution in [0.4, 0.5) is 9.52 Å². The molecule has 0 atom stereocenters. The summed E-state index contributed by atoms with van der Waals surface area (Å²) < 4.78 is 19.8. The molecule has 0 radical (unpaired) electrons. The van der Waals surface area contributed by atoms with Gasteiger partial charge in [0.2, 0.25) is 10.1 Å². The Hall–Kier alpha value is -1.70. The molecule has 0 spiro atoms. The van der Waals surface area contributed by atoms with E-state index in [0.29, 0.717) is 18.8 Å². The van der Waals surface area contributed by atoms with E-state index < -0.39 is 5.82 Å². The molecular formula is C13H12ClFN4OS. The molecule has 0 bridgehead atoms. The Kier molecular flexibility index (Phi) is 4.05. The Labute approximate surface area is 129 Å². The van der Waals surface area contributed by atoms with Gasteiger partial charge in [0, 0.05) is 19.2 Å². The molecule has 0 aliphatic rings. The minimum absolute atomic E-state index is 0.0822. The van der Waals surface area contributed by atoms with Crippen LogP contribution >= 0.6 is 22.9 Å². The first-order valence-corrected chi connectivity index (χ1v) is 7.41. The van der Waals surface area contributed by atoms with Gasteiger partial charge in [0.25, 0.3) is 0 Å². The third kappa shape index (κ3) is 2.99. The molecule has 5 nitrogen and oxygen atoms in total. The van der Waals surface area contributed by atoms with Crippen molar-refractivity contribution in [1.29, 1.82) is 0 Å². The lowest BCUT2D eigenvalue weighted by Crippen LogP contribution is -2.07. The molecule has 3 rings (SSSR count). The maximum absolute atomic E-state index is 13.2. The molecule has 0 saturated heterocycles. The smallest absolute Gasteiger partial charge is 0.214 e. The summed E-state index contributed by atoms with van der Waals surface area (Å²) in [5.74, 6) is -0.441. The zero-order valence-electron chi connectivity index (χ0n) is 11.1. The van der Waals surface area contributed by atoms with Crippen LogP contribution in [0.15, 0.2) is 24.4 Å². The number of imidazole rings is 1. The second kappa shape index (κ2) is 5.97. The molecule has 1 aromatic carbocycles. The van der Waals surface area contributed by atoms with Crippen LogP contribution in [0.1, 0.15) is 0 Å². The van der Waals surface area contributed by atoms with Crippen molar-refractivity contribution < 1.29 is 9.13 Å². The second-order valence-corrected chi connectivity index (χ2v) is 5.67. The van der Waals surface area contributed by atoms with E-state index in [4.69, 9.17) is 16.3 Å². The highest BCUT2D eigenvalue weighted by Crippen LogP contribution is 2.27. The van der Waals surface area contributed by atoms with Crippen LogP contribution in [-0.4, -0.2) is 34.9 Å². The molecule has 0 aliphatic heterocycles. The Morgan fingerprint density at radius 3 is 3.05 bits per heavy atom. The van der Waals surface area contributed by atoms with Crippen LogP contribution in [0.5, 0.6) is 0 Å². The summed E-state index contributed by atoms with van der Waals surface area (Å²) in [6.45, 7) is 1.30. The first-order chi connectivity index (χ1) is 10.2. The number of nitrogens with zero attached hydrogens (tertiary/aromatic N) is 3. The van der Waals surface area contributed by atoms with Gasteiger partial charge in [-0.05, 0) is 18.2 Å². The van der Waals surface area contributed by atoms with Crippen molar-refractivity contribution in [2.24, 2.45) is 0 Å². The zero-order chi connectivity index (χ0) is 14.8. The van der Waals surface area contributed by atoms with Gasteiger partial charge in [-0.2, -0.15) is 0 Å². The maximum atomic E-state index is 13.2. The minimum atomic E-state index is -0.441. The third-order valence-electron chi connectivity index (χ3n) is 2.84. The van der Waals surface area contributed by atoms with E-state index in [0.717, 1.165) is 15.7 Å². The van der Waals surface area contributed by atoms with Crippen molar-refractivity contribution in [3.63, 3.8) is 0 Å². The molecule has 21 heavy (non-hydrogen) atoms. The van der Waals surface area contributed by atoms with Crippen molar-refractivity contribution in [3.05, 3.63) is 35.2 Å². The number of ether oxygens (including phenoxy) is 1. The molecule has 0 fully saturated rings. The molecule has 0 aliphatic carbocycles. The van der Waals surface area contributed by atoms with Crippen LogP contribution in [0.3, 0.4) is 0 Å². The molecule has 2 heterocycles. The zero-order valence-corrected chi connectivity index (χ0v) is 12.7. The van der Waals surface area contributed by atoms with Crippen LogP contribution in [0.2, 0.25) is 5.02 Å². The van der Waals surface area contributed by atoms with E-state index in [-0.39, 0.29) is 5.02 Å². The monoisotopic (exact) mass is 326 g/mol. The van der Waals surface area contributed by atoms with Crippen molar-refractivity contribution in [1.82, 2.24) is 14.6 Å². The highest BCUT2D eigenvalue weighted by Gasteiger charge is 2.11. The van der Waals surface area contributed by atoms with Gasteiger partial charge >= 0.3 is 0 Å². The fourth-order valence-corrected chi connectivity index (χ4v) is 2.81. The first kappa shape index (κ1) is 14.2. The summed E-state index contributed by atoms with van der Waals surface area (Å²) >= 11 is 7.23. The topological polar surface area (TPSA) is 51.5 Å². The number of halogens is 2. The predicted molar refractivity (Wildman–Crippen MR) is 81.6 cm³/mol. The number of benzene rings is 1. The highest BCUT2D eigenvalue weighted by molar-refractivity contribution is 7.20. The van der Waals surface area contributed by atoms with Crippen LogP contribution in [0.25, 0.3) is 16.2 Å². The number of fused-ring (bicyclic) bond motifs is 1. The summed E-state index contributed by atoms with van der Waals surface area (Å²) in [5.41, 5.74) is 1.46. The Morgan fingerprint density at radius 2 is 2.33 bits per heavy atom. The summed E-state index contributed by atoms with van der Waals surface area (Å²) in [6.07, 6.45) is 1.79. The van der Waals surface area contributed by atoms with Crippen molar-refractivity contribution in [3.8, 4) is 11.3 Å². The average Bonchev–Trinajstić information content (AvgIpc) is 3.00. The summed E-state index contributed by atoms with van der Waals surface area (Å²) in [6, 6.07) is 4.53. The van der Waals surface area contributed by atoms with Crippen LogP contribution < -0.4 is 5.32 Å². The number of hydrogen-bond acceptors (Lipinski definition) is 5. The van der Waals surface area contributed by atoms with Gasteiger partial charge in [-0.15, -0.1) is 5.10 Å². The number of methoxy groups -OCH3 is 1. The number of nitrogens with one attached hydrogen (secondary N) is 1. The summed E-state index contributed by atoms with van der Waals surface area (Å²) in [4.78, 5) is 5.22. The molecule has 3 aromatic rings. The van der Waals surface area contributed by atoms with Gasteiger partial charge in [0.1, 0.15) is 5.82 Å². The summed E-state index contributed by atoms with van der Waals surface area (Å²) in [7, 11) is 1.65. The third-order valence-corrected chi connectivity index (χ3v) is 4.01. The minimum Gasteiger partial charge on any atom is -0.383 e. The van der Waals surface area contributed by atoms with E-state index in [2.05, 4.69) is 15.4 Å². The fraction of sp³-hybridized carbons (Fsp3) is 0.231. The number of aromatic nitrogens is 3. The van der Waals surface area contributed by atoms with E-state index in [9.17, 15) is 4.39 Å². The standard InChI is InChI=1S/C13H12ClFN4OS/c1-20-5-4-16-12-18-19-7-11(17-13(19)21-12)8-2-3-10(15)9(14)6-8/h2-3,6-7H,4-5H2,1H3,(H,16,18). The van der Waals surface area contributed by atoms with E-state index in [1.807, 2.05) is 0 Å². The van der Waals surface area contributed by atoms with Gasteiger partial charge in [-0.1, -0.05) is 22.9 Å². The van der Waals surface area contributed by atoms with Crippen molar-refractivity contribution in [2.45, 2.75) is 0 Å². The molecule has 0 unspecified atom stereocenters. The number of hydrogen-bond donors (Lipinski definition) is 1. The van der Waals surface area contributed by atoms with Crippen molar-refractivity contribution >= 4 is 33.0 Å². The number of anilines is 1. The first-order valence-electron chi connectivity index (χ1n) is 6.22. The maximum Gasteiger partial charge on any atom is 0.214 e. The SMILES string of the molecule is COCCNc1nn2cc(-c3ccc(F)c(Cl)c3)nc2s1. The van der Waals surface area contributed by atoms with Crippen LogP contribution in [-0.2, 0) is 4.74 Å². The largest absolute Gasteiger partial charge is 0.383 e. The highest BCUT2D eigenvalue weighted by atomic mass is 35.5. The van der Waals surface area contributed by atoms with E-state index >= 15 is 0 Å². The molecule has 1 N–H and O–H groups in total. The Balaban J connectivity index is 1.84. The van der Waals surface area contributed by atoms with Gasteiger partial charge in [-0.25, -0.2) is 13.9 Å². The fourth-order valence-electron chi connectivity index (χ4n) is 1.83. The quantitative estimate of drug-likeness (QED) is 0.731. The Morgan fingerprint density at radius 1 is 1.48 bits per heavy atom. The van der Waals surface area contributed by atoms with Gasteiger partial charge in [0.15, 0.2) is 0 Å². The average molecular weight is 327 g/mol. The molecule has 0 amide bonds. The molecular weight excluding hydrogens is 315 g/mol. The molecule has 0 saturated carbocycles. The second-order valence-electron chi connectivity index (χ2n) is 4.31.